The van der Waals surface area contributed by atoms with E-state index in [1.165, 1.54) is 4.90 Å². The summed E-state index contributed by atoms with van der Waals surface area (Å²) in [4.78, 5) is 27.4. The Labute approximate surface area is 201 Å². The Morgan fingerprint density at radius 1 is 0.969 bits per heavy atom. The molecule has 1 aliphatic heterocycles. The molecule has 1 saturated heterocycles. The highest BCUT2D eigenvalue weighted by atomic mass is 35.5. The van der Waals surface area contributed by atoms with Crippen LogP contribution in [0.5, 0.6) is 0 Å². The average molecular weight is 484 g/mol. The monoisotopic (exact) mass is 483 g/mol. The molecular formula is C24H19Cl2N3O2S. The summed E-state index contributed by atoms with van der Waals surface area (Å²) in [5, 5.41) is 3.61. The zero-order chi connectivity index (χ0) is 23.2. The van der Waals surface area contributed by atoms with Gasteiger partial charge in [-0.2, -0.15) is 0 Å². The van der Waals surface area contributed by atoms with Crippen LogP contribution in [0.3, 0.4) is 0 Å². The van der Waals surface area contributed by atoms with Gasteiger partial charge in [-0.05, 0) is 80.5 Å². The van der Waals surface area contributed by atoms with Crippen LogP contribution in [0.1, 0.15) is 22.5 Å². The predicted molar refractivity (Wildman–Crippen MR) is 133 cm³/mol. The first-order chi connectivity index (χ1) is 15.2. The van der Waals surface area contributed by atoms with Crippen molar-refractivity contribution in [2.75, 3.05) is 4.90 Å². The lowest BCUT2D eigenvalue weighted by Gasteiger charge is -2.30. The number of thiocarbonyl (C=S) groups is 1. The molecule has 162 valence electrons. The number of aromatic nitrogens is 1. The summed E-state index contributed by atoms with van der Waals surface area (Å²) in [7, 11) is 0. The number of nitrogens with zero attached hydrogens (tertiary/aromatic N) is 2. The number of carbonyl (C=O) groups excluding carboxylic acids is 2. The molecule has 0 bridgehead atoms. The van der Waals surface area contributed by atoms with E-state index in [9.17, 15) is 9.59 Å². The molecule has 3 aromatic rings. The molecule has 0 spiro atoms. The number of hydrogen-bond acceptors (Lipinski definition) is 3. The highest BCUT2D eigenvalue weighted by Crippen LogP contribution is 2.30. The maximum Gasteiger partial charge on any atom is 0.270 e. The molecule has 0 atom stereocenters. The lowest BCUT2D eigenvalue weighted by molar-refractivity contribution is -0.122. The first-order valence-electron chi connectivity index (χ1n) is 9.80. The molecule has 2 heterocycles. The Morgan fingerprint density at radius 2 is 1.69 bits per heavy atom. The third-order valence-electron chi connectivity index (χ3n) is 5.39. The molecule has 0 unspecified atom stereocenters. The van der Waals surface area contributed by atoms with E-state index < -0.39 is 11.8 Å². The minimum Gasteiger partial charge on any atom is -0.318 e. The molecule has 0 radical (unpaired) electrons. The second-order valence-electron chi connectivity index (χ2n) is 7.50. The van der Waals surface area contributed by atoms with Gasteiger partial charge in [-0.25, -0.2) is 0 Å². The maximum absolute atomic E-state index is 13.3. The van der Waals surface area contributed by atoms with Gasteiger partial charge >= 0.3 is 0 Å². The smallest absolute Gasteiger partial charge is 0.270 e. The number of carbonyl (C=O) groups is 2. The first-order valence-corrected chi connectivity index (χ1v) is 11.0. The lowest BCUT2D eigenvalue weighted by atomic mass is 10.1. The van der Waals surface area contributed by atoms with Gasteiger partial charge in [0.25, 0.3) is 11.8 Å². The van der Waals surface area contributed by atoms with Crippen LogP contribution in [0, 0.1) is 20.8 Å². The number of para-hydroxylation sites is 1. The number of rotatable bonds is 3. The fourth-order valence-electron chi connectivity index (χ4n) is 3.80. The number of nitrogens with one attached hydrogen (secondary N) is 1. The SMILES string of the molecule is Cc1ccccc1N1C(=O)/C(=C\c2cc(C)n(-c3ccc(Cl)c(Cl)c3)c2C)C(=O)NC1=S. The highest BCUT2D eigenvalue weighted by Gasteiger charge is 2.35. The standard InChI is InChI=1S/C24H19Cl2N3O2S/c1-13-6-4-5-7-21(13)29-23(31)18(22(30)27-24(29)32)11-16-10-14(2)28(15(16)3)17-8-9-19(25)20(26)12-17/h4-12H,1-3H3,(H,27,30,32)/b18-11-. The topological polar surface area (TPSA) is 54.3 Å². The summed E-state index contributed by atoms with van der Waals surface area (Å²) in [5.74, 6) is -0.989. The Hall–Kier alpha value is -2.93. The second kappa shape index (κ2) is 8.54. The van der Waals surface area contributed by atoms with Crippen LogP contribution >= 0.6 is 35.4 Å². The Morgan fingerprint density at radius 3 is 2.38 bits per heavy atom. The van der Waals surface area contributed by atoms with Crippen LogP contribution in [-0.4, -0.2) is 21.5 Å². The quantitative estimate of drug-likeness (QED) is 0.302. The van der Waals surface area contributed by atoms with E-state index >= 15 is 0 Å². The second-order valence-corrected chi connectivity index (χ2v) is 8.71. The van der Waals surface area contributed by atoms with Crippen molar-refractivity contribution in [1.82, 2.24) is 9.88 Å². The molecule has 4 rings (SSSR count). The van der Waals surface area contributed by atoms with Crippen LogP contribution in [-0.2, 0) is 9.59 Å². The van der Waals surface area contributed by atoms with Crippen molar-refractivity contribution < 1.29 is 9.59 Å². The third kappa shape index (κ3) is 3.86. The summed E-state index contributed by atoms with van der Waals surface area (Å²) in [6, 6.07) is 14.7. The minimum absolute atomic E-state index is 0.0104. The molecule has 1 fully saturated rings. The van der Waals surface area contributed by atoms with Gasteiger partial charge in [0, 0.05) is 17.1 Å². The number of anilines is 1. The number of benzene rings is 2. The van der Waals surface area contributed by atoms with Crippen LogP contribution in [0.4, 0.5) is 5.69 Å². The Kier molecular flexibility index (Phi) is 5.95. The summed E-state index contributed by atoms with van der Waals surface area (Å²) < 4.78 is 1.99. The van der Waals surface area contributed by atoms with Crippen molar-refractivity contribution in [3.63, 3.8) is 0 Å². The van der Waals surface area contributed by atoms with Crippen LogP contribution < -0.4 is 10.2 Å². The molecule has 0 aliphatic carbocycles. The minimum atomic E-state index is -0.524. The van der Waals surface area contributed by atoms with Gasteiger partial charge in [-0.3, -0.25) is 19.8 Å². The van der Waals surface area contributed by atoms with Gasteiger partial charge in [-0.15, -0.1) is 0 Å². The van der Waals surface area contributed by atoms with Crippen molar-refractivity contribution >= 4 is 64.1 Å². The van der Waals surface area contributed by atoms with Crippen molar-refractivity contribution in [2.24, 2.45) is 0 Å². The van der Waals surface area contributed by atoms with Gasteiger partial charge in [0.1, 0.15) is 5.57 Å². The molecule has 2 amide bonds. The van der Waals surface area contributed by atoms with Crippen LogP contribution in [0.25, 0.3) is 11.8 Å². The number of aryl methyl sites for hydroxylation is 2. The van der Waals surface area contributed by atoms with Crippen molar-refractivity contribution in [2.45, 2.75) is 20.8 Å². The number of hydrogen-bond donors (Lipinski definition) is 1. The Balaban J connectivity index is 1.78. The van der Waals surface area contributed by atoms with E-state index in [0.29, 0.717) is 15.7 Å². The Bertz CT molecular complexity index is 1330. The van der Waals surface area contributed by atoms with Crippen molar-refractivity contribution in [3.05, 3.63) is 86.7 Å². The summed E-state index contributed by atoms with van der Waals surface area (Å²) in [5.41, 5.74) is 4.86. The first kappa shape index (κ1) is 22.3. The van der Waals surface area contributed by atoms with E-state index in [-0.39, 0.29) is 10.7 Å². The maximum atomic E-state index is 13.3. The lowest BCUT2D eigenvalue weighted by Crippen LogP contribution is -2.54. The van der Waals surface area contributed by atoms with E-state index in [4.69, 9.17) is 35.4 Å². The summed E-state index contributed by atoms with van der Waals surface area (Å²) >= 11 is 17.5. The van der Waals surface area contributed by atoms with E-state index in [1.54, 1.807) is 24.3 Å². The van der Waals surface area contributed by atoms with Gasteiger partial charge in [0.2, 0.25) is 0 Å². The molecular weight excluding hydrogens is 465 g/mol. The number of halogens is 2. The highest BCUT2D eigenvalue weighted by molar-refractivity contribution is 7.80. The zero-order valence-electron chi connectivity index (χ0n) is 17.6. The third-order valence-corrected chi connectivity index (χ3v) is 6.41. The normalized spacial score (nSPS) is 15.5. The van der Waals surface area contributed by atoms with Gasteiger partial charge in [0.15, 0.2) is 5.11 Å². The fraction of sp³-hybridized carbons (Fsp3) is 0.125. The molecule has 2 aromatic carbocycles. The predicted octanol–water partition coefficient (Wildman–Crippen LogP) is 5.54. The van der Waals surface area contributed by atoms with Crippen LogP contribution in [0.15, 0.2) is 54.1 Å². The summed E-state index contributed by atoms with van der Waals surface area (Å²) in [6.07, 6.45) is 1.60. The molecule has 1 N–H and O–H groups in total. The van der Waals surface area contributed by atoms with E-state index in [2.05, 4.69) is 5.32 Å². The van der Waals surface area contributed by atoms with Crippen molar-refractivity contribution in [1.29, 1.82) is 0 Å². The van der Waals surface area contributed by atoms with Gasteiger partial charge in [0.05, 0.1) is 15.7 Å². The molecule has 0 saturated carbocycles. The van der Waals surface area contributed by atoms with Gasteiger partial charge in [-0.1, -0.05) is 41.4 Å². The zero-order valence-corrected chi connectivity index (χ0v) is 19.9. The fourth-order valence-corrected chi connectivity index (χ4v) is 4.37. The molecule has 8 heteroatoms. The average Bonchev–Trinajstić information content (AvgIpc) is 3.01. The molecule has 5 nitrogen and oxygen atoms in total. The molecule has 1 aromatic heterocycles. The van der Waals surface area contributed by atoms with E-state index in [0.717, 1.165) is 28.2 Å². The van der Waals surface area contributed by atoms with Crippen LogP contribution in [0.2, 0.25) is 10.0 Å². The summed E-state index contributed by atoms with van der Waals surface area (Å²) in [6.45, 7) is 5.74. The number of amides is 2. The van der Waals surface area contributed by atoms with Crippen molar-refractivity contribution in [3.8, 4) is 5.69 Å². The molecule has 32 heavy (non-hydrogen) atoms. The molecule has 1 aliphatic rings. The largest absolute Gasteiger partial charge is 0.318 e. The van der Waals surface area contributed by atoms with Gasteiger partial charge < -0.3 is 4.57 Å². The van der Waals surface area contributed by atoms with E-state index in [1.807, 2.05) is 55.7 Å².